The number of nitrogens with one attached hydrogen (secondary N) is 12. The number of guanidine groups is 1. The van der Waals surface area contributed by atoms with Gasteiger partial charge >= 0.3 is 5.69 Å². The third-order valence-corrected chi connectivity index (χ3v) is 22.2. The van der Waals surface area contributed by atoms with Crippen molar-refractivity contribution in [1.82, 2.24) is 62.9 Å². The molecule has 2 fully saturated rings. The Morgan fingerprint density at radius 2 is 1.37 bits per heavy atom. The van der Waals surface area contributed by atoms with Crippen molar-refractivity contribution in [3.8, 4) is 57.1 Å². The Morgan fingerprint density at radius 1 is 0.722 bits per heavy atom. The number of phenolic OH excluding ortho intramolecular Hbond substituents is 3. The van der Waals surface area contributed by atoms with Gasteiger partial charge < -0.3 is 134 Å². The maximum absolute atomic E-state index is 16.3. The number of anilines is 1. The van der Waals surface area contributed by atoms with Crippen LogP contribution in [0.2, 0.25) is 15.1 Å². The number of ether oxygens (including phenoxy) is 6. The highest BCUT2D eigenvalue weighted by Crippen LogP contribution is 2.50. The van der Waals surface area contributed by atoms with Crippen LogP contribution in [0.4, 0.5) is 5.82 Å². The summed E-state index contributed by atoms with van der Waals surface area (Å²) in [4.78, 5) is 150. The van der Waals surface area contributed by atoms with E-state index in [4.69, 9.17) is 80.1 Å². The maximum Gasteiger partial charge on any atom is 0.349 e. The lowest BCUT2D eigenvalue weighted by molar-refractivity contribution is -0.334. The topological polar surface area (TPSA) is 634 Å². The number of nitrogens with two attached hydrogens (primary N) is 2. The van der Waals surface area contributed by atoms with Gasteiger partial charge in [0, 0.05) is 59.5 Å². The summed E-state index contributed by atoms with van der Waals surface area (Å²) in [6.45, 7) is 5.57. The molecule has 8 heterocycles. The first-order valence-corrected chi connectivity index (χ1v) is 40.3. The van der Waals surface area contributed by atoms with Gasteiger partial charge in [0.15, 0.2) is 23.9 Å². The molecule has 18 atom stereocenters. The molecule has 0 unspecified atom stereocenters. The van der Waals surface area contributed by atoms with Crippen molar-refractivity contribution >= 4 is 106 Å². The molecule has 14 rings (SSSR count). The van der Waals surface area contributed by atoms with Gasteiger partial charge in [-0.2, -0.15) is 4.98 Å². The van der Waals surface area contributed by atoms with E-state index in [0.29, 0.717) is 10.6 Å². The second-order valence-corrected chi connectivity index (χ2v) is 32.2. The molecule has 11 bridgehead atoms. The minimum Gasteiger partial charge on any atom is -0.508 e. The maximum atomic E-state index is 16.3. The molecule has 6 aromatic carbocycles. The van der Waals surface area contributed by atoms with Crippen LogP contribution in [0.1, 0.15) is 111 Å². The summed E-state index contributed by atoms with van der Waals surface area (Å²) in [5.74, 6) is -17.4. The van der Waals surface area contributed by atoms with E-state index in [-0.39, 0.29) is 60.1 Å². The smallest absolute Gasteiger partial charge is 0.349 e. The number of carbonyl (C=O) groups is 9. The second kappa shape index (κ2) is 39.5. The van der Waals surface area contributed by atoms with Gasteiger partial charge in [-0.3, -0.25) is 64.0 Å². The van der Waals surface area contributed by atoms with E-state index in [0.717, 1.165) is 66.7 Å². The predicted molar refractivity (Wildman–Crippen MR) is 446 cm³/mol. The SMILES string of the molecule is CN[C@H](CC(C)C)C(=O)N[C@H]1C(=O)N[C@@H](CC(N)=O)C(=O)N[C@H]2C(=O)N[C@H]3C(=O)N[C@H](C(=O)N[C@@H](C(=O)NNC(=N)N)c4cc(O)cc(O)c4-c4cc3ccc4O)[C@H](O)c3ccc(c(Cl)c3)Oc3cc2cc(c3O[C@@H]2O[C@H](CO)[C@@H](O)[C@H](O)[C@H]2O[C@H]2C[C@](C)(NCCn3ccc(NC(=O)C=Cc4ccc(Cl)cc4)nc3=O)[C@H](O)[C@H](C)O2)Oc2ccc(cc2Cl)[C@H]1O. The van der Waals surface area contributed by atoms with Crippen LogP contribution in [0, 0.1) is 11.3 Å². The fourth-order valence-electron chi connectivity index (χ4n) is 14.9. The molecule has 7 aromatic rings. The van der Waals surface area contributed by atoms with Gasteiger partial charge in [0.1, 0.15) is 101 Å². The van der Waals surface area contributed by atoms with Gasteiger partial charge in [-0.15, -0.1) is 0 Å². The molecular formula is C82H91Cl3N16O25. The number of rotatable bonds is 20. The van der Waals surface area contributed by atoms with Crippen LogP contribution in [0.3, 0.4) is 0 Å². The molecule has 1 aromatic heterocycles. The van der Waals surface area contributed by atoms with Crippen molar-refractivity contribution in [2.75, 3.05) is 25.5 Å². The average Bonchev–Trinajstić information content (AvgIpc) is 0.764. The second-order valence-electron chi connectivity index (χ2n) is 30.9. The molecule has 7 aliphatic heterocycles. The number of carbonyl (C=O) groups excluding carboxylic acids is 9. The zero-order valence-corrected chi connectivity index (χ0v) is 69.8. The van der Waals surface area contributed by atoms with Crippen molar-refractivity contribution in [2.24, 2.45) is 17.4 Å². The summed E-state index contributed by atoms with van der Waals surface area (Å²) < 4.78 is 40.6. The summed E-state index contributed by atoms with van der Waals surface area (Å²) in [7, 11) is 1.46. The van der Waals surface area contributed by atoms with Crippen LogP contribution in [0.5, 0.6) is 46.0 Å². The Morgan fingerprint density at radius 3 is 1.99 bits per heavy atom. The molecule has 41 nitrogen and oxygen atoms in total. The van der Waals surface area contributed by atoms with Crippen LogP contribution in [0.25, 0.3) is 17.2 Å². The number of hydrazine groups is 1. The Bertz CT molecular complexity index is 5460. The Hall–Kier alpha value is -12.3. The molecule has 0 saturated carbocycles. The van der Waals surface area contributed by atoms with Crippen LogP contribution >= 0.6 is 34.8 Å². The van der Waals surface area contributed by atoms with Crippen LogP contribution in [-0.4, -0.2) is 214 Å². The van der Waals surface area contributed by atoms with Crippen molar-refractivity contribution in [1.29, 1.82) is 5.41 Å². The molecule has 0 spiro atoms. The number of likely N-dealkylation sites (N-methyl/N-ethyl adjacent to an activating group) is 1. The number of halogens is 3. The first kappa shape index (κ1) is 92.8. The Balaban J connectivity index is 0.999. The number of aromatic hydroxyl groups is 3. The number of fused-ring (bicyclic) bond motifs is 15. The fourth-order valence-corrected chi connectivity index (χ4v) is 15.5. The van der Waals surface area contributed by atoms with Gasteiger partial charge in [-0.1, -0.05) is 79.0 Å². The lowest BCUT2D eigenvalue weighted by atomic mass is 9.85. The van der Waals surface area contributed by atoms with Crippen molar-refractivity contribution in [3.05, 3.63) is 180 Å². The number of amides is 9. The highest BCUT2D eigenvalue weighted by Gasteiger charge is 2.52. The zero-order chi connectivity index (χ0) is 91.2. The first-order valence-electron chi connectivity index (χ1n) is 39.2. The molecule has 2 saturated heterocycles. The normalized spacial score (nSPS) is 25.8. The highest BCUT2D eigenvalue weighted by molar-refractivity contribution is 6.32. The van der Waals surface area contributed by atoms with E-state index in [2.05, 4.69) is 63.7 Å². The van der Waals surface area contributed by atoms with E-state index in [1.165, 1.54) is 55.1 Å². The van der Waals surface area contributed by atoms with Gasteiger partial charge in [0.2, 0.25) is 65.3 Å². The minimum atomic E-state index is -2.41. The molecule has 670 valence electrons. The van der Waals surface area contributed by atoms with Crippen molar-refractivity contribution < 1.29 is 118 Å². The summed E-state index contributed by atoms with van der Waals surface area (Å²) in [5, 5.41) is 137. The molecule has 0 radical (unpaired) electrons. The van der Waals surface area contributed by atoms with E-state index in [9.17, 15) is 69.9 Å². The Labute approximate surface area is 731 Å². The van der Waals surface area contributed by atoms with Gasteiger partial charge in [0.05, 0.1) is 41.3 Å². The number of nitrogens with zero attached hydrogens (tertiary/aromatic N) is 2. The van der Waals surface area contributed by atoms with Gasteiger partial charge in [0.25, 0.3) is 5.91 Å². The molecule has 44 heteroatoms. The third kappa shape index (κ3) is 21.3. The first-order chi connectivity index (χ1) is 59.8. The number of phenols is 3. The zero-order valence-electron chi connectivity index (χ0n) is 67.5. The molecule has 0 aliphatic carbocycles. The van der Waals surface area contributed by atoms with Crippen LogP contribution in [-0.2, 0) is 63.9 Å². The lowest BCUT2D eigenvalue weighted by Gasteiger charge is -2.48. The van der Waals surface area contributed by atoms with E-state index < -0.39 is 260 Å². The molecule has 126 heavy (non-hydrogen) atoms. The number of primary amides is 1. The van der Waals surface area contributed by atoms with E-state index in [1.54, 1.807) is 31.2 Å². The largest absolute Gasteiger partial charge is 0.508 e. The summed E-state index contributed by atoms with van der Waals surface area (Å²) in [6, 6.07) is 7.16. The molecule has 25 N–H and O–H groups in total. The number of aliphatic hydroxyl groups excluding tert-OH is 6. The molecular weight excluding hydrogens is 1720 g/mol. The number of hydrogen-bond donors (Lipinski definition) is 23. The van der Waals surface area contributed by atoms with Crippen LogP contribution in [0.15, 0.2) is 126 Å². The number of benzene rings is 6. The average molecular weight is 1810 g/mol. The quantitative estimate of drug-likeness (QED) is 0.0216. The minimum absolute atomic E-state index is 0.0398. The van der Waals surface area contributed by atoms with Gasteiger partial charge in [-0.05, 0) is 145 Å². The fraction of sp³-hybridized carbons (Fsp3) is 0.366. The number of hydrogen-bond acceptors (Lipinski definition) is 29. The number of aliphatic hydroxyl groups is 6. The standard InChI is InChI=1S/C82H91Cl3N16O25/c1-33(2)22-46(89-5)72(113)97-63-65(108)37-10-15-50(44(84)24-37)122-52-26-39-27-53(69(52)126-79-70(68(111)67(110)54(32-102)124-79)125-58-31-82(4,71(112)34(3)121-58)90-19-21-101-20-18-56(93-81(101)120)92-57(107)17-8-35-6-12-40(83)13-7-35)123-51-16-11-38(25-45(51)85)66(109)64-77(118)96-62(78(119)99-100-80(87)88)43-28-41(103)29-49(105)59(43)42-23-36(9-14-48(42)104)60(74(115)98-64)95-75(116)61(39)94-73(114)47(30-55(86)106)91-76(63)117/h6-18,20,23-29,33-34,46-47,54,58,60-68,70-71,79,89-90,102-105,108-112H,19,21-22,30-32H2,1-5H3,(H2,86,106)(H,91,117)(H,94,114)(H,95,116)(H,96,118)(H,97,113)(H,98,115)(H,99,119)(H4,87,88,100)(H,92,93,107,120)/t34-,46+,47-,54+,58-,60+,61+,62+,63+,64-,65+,66+,67+,68-,70+,71+,79-,82-/m0/s1. The van der Waals surface area contributed by atoms with E-state index in [1.807, 2.05) is 13.8 Å². The monoisotopic (exact) mass is 1800 g/mol. The number of aromatic nitrogens is 2. The summed E-state index contributed by atoms with van der Waals surface area (Å²) >= 11 is 20.3. The van der Waals surface area contributed by atoms with Gasteiger partial charge in [-0.25, -0.2) is 4.79 Å². The Kier molecular flexibility index (Phi) is 29.1. The highest BCUT2D eigenvalue weighted by atomic mass is 35.5. The van der Waals surface area contributed by atoms with E-state index >= 15 is 24.0 Å². The van der Waals surface area contributed by atoms with Crippen molar-refractivity contribution in [2.45, 2.75) is 163 Å². The summed E-state index contributed by atoms with van der Waals surface area (Å²) in [5.41, 5.74) is 11.1. The lowest BCUT2D eigenvalue weighted by Crippen LogP contribution is -2.65. The molecule has 7 aliphatic rings. The predicted octanol–water partition coefficient (Wildman–Crippen LogP) is 0.729. The molecule has 9 amide bonds. The third-order valence-electron chi connectivity index (χ3n) is 21.4. The van der Waals surface area contributed by atoms with Crippen LogP contribution < -0.4 is 90.1 Å². The summed E-state index contributed by atoms with van der Waals surface area (Å²) in [6.07, 6.45) is -15.5. The van der Waals surface area contributed by atoms with Crippen molar-refractivity contribution in [3.63, 3.8) is 0 Å².